The summed E-state index contributed by atoms with van der Waals surface area (Å²) in [7, 11) is 0. The van der Waals surface area contributed by atoms with Gasteiger partial charge in [0.15, 0.2) is 0 Å². The number of nitrogens with two attached hydrogens (primary N) is 1. The van der Waals surface area contributed by atoms with Gasteiger partial charge in [-0.2, -0.15) is 0 Å². The molecule has 0 unspecified atom stereocenters. The summed E-state index contributed by atoms with van der Waals surface area (Å²) in [6.45, 7) is 6.65. The Hall–Kier alpha value is -1.92. The van der Waals surface area contributed by atoms with E-state index < -0.39 is 4.92 Å². The van der Waals surface area contributed by atoms with Crippen molar-refractivity contribution in [2.24, 2.45) is 11.3 Å². The van der Waals surface area contributed by atoms with E-state index in [9.17, 15) is 10.1 Å². The molecule has 1 heterocycles. The normalized spacial score (nSPS) is 25.1. The highest BCUT2D eigenvalue weighted by atomic mass is 16.6. The fourth-order valence-electron chi connectivity index (χ4n) is 3.33. The molecule has 1 fully saturated rings. The van der Waals surface area contributed by atoms with Gasteiger partial charge in [-0.15, -0.1) is 0 Å². The minimum atomic E-state index is -0.533. The molecule has 7 heteroatoms. The zero-order valence-corrected chi connectivity index (χ0v) is 12.1. The second-order valence-electron chi connectivity index (χ2n) is 6.47. The number of aromatic nitrogens is 2. The molecule has 0 aliphatic heterocycles. The lowest BCUT2D eigenvalue weighted by Crippen LogP contribution is -2.36. The summed E-state index contributed by atoms with van der Waals surface area (Å²) in [5.74, 6) is 0.697. The molecule has 0 radical (unpaired) electrons. The van der Waals surface area contributed by atoms with E-state index in [-0.39, 0.29) is 28.8 Å². The van der Waals surface area contributed by atoms with E-state index >= 15 is 0 Å². The Bertz CT molecular complexity index is 517. The molecule has 7 nitrogen and oxygen atoms in total. The smallest absolute Gasteiger partial charge is 0.352 e. The second kappa shape index (κ2) is 5.22. The van der Waals surface area contributed by atoms with Crippen molar-refractivity contribution in [1.82, 2.24) is 9.97 Å². The van der Waals surface area contributed by atoms with Crippen LogP contribution in [0.25, 0.3) is 0 Å². The molecule has 0 bridgehead atoms. The fraction of sp³-hybridized carbons (Fsp3) is 0.692. The number of hydrogen-bond donors (Lipinski definition) is 2. The number of anilines is 2. The molecule has 3 N–H and O–H groups in total. The number of rotatable bonds is 3. The highest BCUT2D eigenvalue weighted by Crippen LogP contribution is 2.40. The van der Waals surface area contributed by atoms with Crippen molar-refractivity contribution in [1.29, 1.82) is 0 Å². The van der Waals surface area contributed by atoms with Crippen molar-refractivity contribution < 1.29 is 4.92 Å². The molecular formula is C13H21N5O2. The lowest BCUT2D eigenvalue weighted by molar-refractivity contribution is -0.383. The van der Waals surface area contributed by atoms with Crippen molar-refractivity contribution in [2.75, 3.05) is 11.1 Å². The van der Waals surface area contributed by atoms with Gasteiger partial charge in [0.1, 0.15) is 6.33 Å². The van der Waals surface area contributed by atoms with Crippen LogP contribution in [0.5, 0.6) is 0 Å². The Balaban J connectivity index is 2.22. The van der Waals surface area contributed by atoms with Crippen molar-refractivity contribution >= 4 is 17.3 Å². The van der Waals surface area contributed by atoms with Crippen LogP contribution >= 0.6 is 0 Å². The molecule has 2 rings (SSSR count). The maximum atomic E-state index is 11.1. The monoisotopic (exact) mass is 279 g/mol. The standard InChI is InChI=1S/C13H21N5O2/c1-8-4-9(6-13(2,3)5-8)17-12-10(18(19)20)11(14)15-7-16-12/h7-9H,4-6H2,1-3H3,(H3,14,15,16,17)/t8-,9-/m1/s1. The van der Waals surface area contributed by atoms with Crippen LogP contribution in [0.4, 0.5) is 17.3 Å². The molecular weight excluding hydrogens is 258 g/mol. The minimum Gasteiger partial charge on any atom is -0.378 e. The van der Waals surface area contributed by atoms with Gasteiger partial charge in [0.05, 0.1) is 4.92 Å². The minimum absolute atomic E-state index is 0.101. The predicted octanol–water partition coefficient (Wildman–Crippen LogP) is 2.59. The lowest BCUT2D eigenvalue weighted by atomic mass is 9.70. The van der Waals surface area contributed by atoms with Crippen molar-refractivity contribution in [2.45, 2.75) is 46.1 Å². The first-order valence-corrected chi connectivity index (χ1v) is 6.80. The fourth-order valence-corrected chi connectivity index (χ4v) is 3.33. The average molecular weight is 279 g/mol. The quantitative estimate of drug-likeness (QED) is 0.650. The van der Waals surface area contributed by atoms with Crippen LogP contribution in [0.15, 0.2) is 6.33 Å². The number of nitrogen functional groups attached to an aromatic ring is 1. The summed E-state index contributed by atoms with van der Waals surface area (Å²) in [6, 6.07) is 0.168. The van der Waals surface area contributed by atoms with E-state index in [1.165, 1.54) is 12.7 Å². The molecule has 110 valence electrons. The van der Waals surface area contributed by atoms with Gasteiger partial charge in [0, 0.05) is 6.04 Å². The summed E-state index contributed by atoms with van der Waals surface area (Å²) >= 11 is 0. The van der Waals surface area contributed by atoms with Gasteiger partial charge in [-0.25, -0.2) is 9.97 Å². The molecule has 20 heavy (non-hydrogen) atoms. The van der Waals surface area contributed by atoms with Crippen LogP contribution in [-0.2, 0) is 0 Å². The molecule has 0 amide bonds. The predicted molar refractivity (Wildman–Crippen MR) is 77.3 cm³/mol. The third-order valence-corrected chi connectivity index (χ3v) is 3.76. The average Bonchev–Trinajstić information content (AvgIpc) is 2.25. The van der Waals surface area contributed by atoms with Gasteiger partial charge in [0.25, 0.3) is 0 Å². The summed E-state index contributed by atoms with van der Waals surface area (Å²) in [4.78, 5) is 18.2. The van der Waals surface area contributed by atoms with Crippen LogP contribution in [0.2, 0.25) is 0 Å². The summed E-state index contributed by atoms with van der Waals surface area (Å²) < 4.78 is 0. The molecule has 1 aliphatic rings. The molecule has 0 saturated heterocycles. The van der Waals surface area contributed by atoms with Crippen LogP contribution in [0.1, 0.15) is 40.0 Å². The Morgan fingerprint density at radius 1 is 1.45 bits per heavy atom. The van der Waals surface area contributed by atoms with Gasteiger partial charge < -0.3 is 11.1 Å². The molecule has 2 atom stereocenters. The zero-order chi connectivity index (χ0) is 14.9. The first kappa shape index (κ1) is 14.5. The highest BCUT2D eigenvalue weighted by Gasteiger charge is 2.33. The Morgan fingerprint density at radius 3 is 2.75 bits per heavy atom. The molecule has 1 saturated carbocycles. The molecule has 1 aromatic heterocycles. The first-order valence-electron chi connectivity index (χ1n) is 6.80. The third-order valence-electron chi connectivity index (χ3n) is 3.76. The number of hydrogen-bond acceptors (Lipinski definition) is 6. The SMILES string of the molecule is C[C@@H]1C[C@@H](Nc2ncnc(N)c2[N+](=O)[O-])CC(C)(C)C1. The van der Waals surface area contributed by atoms with Gasteiger partial charge in [-0.1, -0.05) is 20.8 Å². The van der Waals surface area contributed by atoms with Crippen LogP contribution in [0.3, 0.4) is 0 Å². The maximum absolute atomic E-state index is 11.1. The van der Waals surface area contributed by atoms with Gasteiger partial charge in [-0.3, -0.25) is 10.1 Å². The number of nitrogens with zero attached hydrogens (tertiary/aromatic N) is 3. The van der Waals surface area contributed by atoms with E-state index in [0.717, 1.165) is 12.8 Å². The number of nitro groups is 1. The topological polar surface area (TPSA) is 107 Å². The largest absolute Gasteiger partial charge is 0.378 e. The number of nitrogens with one attached hydrogen (secondary N) is 1. The molecule has 0 spiro atoms. The summed E-state index contributed by atoms with van der Waals surface area (Å²) in [5.41, 5.74) is 5.57. The van der Waals surface area contributed by atoms with E-state index in [4.69, 9.17) is 5.73 Å². The van der Waals surface area contributed by atoms with E-state index in [0.29, 0.717) is 5.92 Å². The first-order chi connectivity index (χ1) is 9.28. The van der Waals surface area contributed by atoms with Crippen LogP contribution in [-0.4, -0.2) is 20.9 Å². The molecule has 1 aliphatic carbocycles. The van der Waals surface area contributed by atoms with Gasteiger partial charge >= 0.3 is 5.69 Å². The second-order valence-corrected chi connectivity index (χ2v) is 6.47. The van der Waals surface area contributed by atoms with Crippen molar-refractivity contribution in [3.8, 4) is 0 Å². The molecule has 1 aromatic rings. The van der Waals surface area contributed by atoms with E-state index in [2.05, 4.69) is 36.1 Å². The zero-order valence-electron chi connectivity index (χ0n) is 12.1. The van der Waals surface area contributed by atoms with Crippen LogP contribution < -0.4 is 11.1 Å². The van der Waals surface area contributed by atoms with Gasteiger partial charge in [-0.05, 0) is 30.6 Å². The Morgan fingerprint density at radius 2 is 2.15 bits per heavy atom. The van der Waals surface area contributed by atoms with E-state index in [1.54, 1.807) is 0 Å². The Labute approximate surface area is 118 Å². The summed E-state index contributed by atoms with van der Waals surface area (Å²) in [5, 5.41) is 14.3. The maximum Gasteiger partial charge on any atom is 0.352 e. The Kier molecular flexibility index (Phi) is 3.78. The van der Waals surface area contributed by atoms with Crippen molar-refractivity contribution in [3.05, 3.63) is 16.4 Å². The molecule has 0 aromatic carbocycles. The third kappa shape index (κ3) is 3.15. The highest BCUT2D eigenvalue weighted by molar-refractivity contribution is 5.67. The van der Waals surface area contributed by atoms with Gasteiger partial charge in [0.2, 0.25) is 11.6 Å². The van der Waals surface area contributed by atoms with Crippen LogP contribution in [0, 0.1) is 21.4 Å². The van der Waals surface area contributed by atoms with Crippen molar-refractivity contribution in [3.63, 3.8) is 0 Å². The summed E-state index contributed by atoms with van der Waals surface area (Å²) in [6.07, 6.45) is 4.35. The lowest BCUT2D eigenvalue weighted by Gasteiger charge is -2.39. The van der Waals surface area contributed by atoms with E-state index in [1.807, 2.05) is 0 Å².